The first-order valence-electron chi connectivity index (χ1n) is 8.86. The van der Waals surface area contributed by atoms with E-state index in [2.05, 4.69) is 15.3 Å². The molecule has 0 saturated carbocycles. The Morgan fingerprint density at radius 2 is 2.25 bits per heavy atom. The second kappa shape index (κ2) is 8.09. The highest BCUT2D eigenvalue weighted by Crippen LogP contribution is 2.13. The molecule has 1 aromatic rings. The number of ether oxygens (including phenoxy) is 2. The molecule has 2 aliphatic rings. The van der Waals surface area contributed by atoms with Gasteiger partial charge in [-0.1, -0.05) is 0 Å². The van der Waals surface area contributed by atoms with E-state index in [1.54, 1.807) is 0 Å². The van der Waals surface area contributed by atoms with Crippen LogP contribution in [0.2, 0.25) is 0 Å². The Balaban J connectivity index is 1.46. The average Bonchev–Trinajstić information content (AvgIpc) is 3.24. The number of morpholine rings is 1. The lowest BCUT2D eigenvalue weighted by atomic mass is 10.2. The van der Waals surface area contributed by atoms with E-state index in [4.69, 9.17) is 9.47 Å². The number of aromatic nitrogens is 2. The summed E-state index contributed by atoms with van der Waals surface area (Å²) in [6.45, 7) is 8.31. The summed E-state index contributed by atoms with van der Waals surface area (Å²) in [6.07, 6.45) is 6.24. The first kappa shape index (κ1) is 17.4. The topological polar surface area (TPSA) is 68.6 Å². The number of aryl methyl sites for hydroxylation is 1. The van der Waals surface area contributed by atoms with Crippen LogP contribution in [-0.2, 0) is 20.8 Å². The standard InChI is InChI=1S/C17H28N4O3/c1-13-8-19-21(10-13)12-16-11-20(5-7-24-16)14(2)17(22)18-9-15-4-3-6-23-15/h8,10,14-16H,3-7,9,11-12H2,1-2H3,(H,18,22). The highest BCUT2D eigenvalue weighted by atomic mass is 16.5. The highest BCUT2D eigenvalue weighted by molar-refractivity contribution is 5.81. The van der Waals surface area contributed by atoms with Crippen molar-refractivity contribution < 1.29 is 14.3 Å². The van der Waals surface area contributed by atoms with Crippen LogP contribution in [0.3, 0.4) is 0 Å². The lowest BCUT2D eigenvalue weighted by Crippen LogP contribution is -2.53. The van der Waals surface area contributed by atoms with Gasteiger partial charge in [0.05, 0.1) is 37.6 Å². The predicted molar refractivity (Wildman–Crippen MR) is 89.7 cm³/mol. The minimum atomic E-state index is -0.155. The molecule has 2 aliphatic heterocycles. The fourth-order valence-corrected chi connectivity index (χ4v) is 3.31. The molecular weight excluding hydrogens is 308 g/mol. The van der Waals surface area contributed by atoms with Gasteiger partial charge in [0.25, 0.3) is 0 Å². The van der Waals surface area contributed by atoms with Gasteiger partial charge in [0.15, 0.2) is 0 Å². The lowest BCUT2D eigenvalue weighted by molar-refractivity contribution is -0.130. The lowest BCUT2D eigenvalue weighted by Gasteiger charge is -2.36. The maximum atomic E-state index is 12.4. The normalized spacial score (nSPS) is 26.4. The van der Waals surface area contributed by atoms with Crippen LogP contribution in [0.15, 0.2) is 12.4 Å². The van der Waals surface area contributed by atoms with Gasteiger partial charge in [-0.2, -0.15) is 5.10 Å². The smallest absolute Gasteiger partial charge is 0.237 e. The third kappa shape index (κ3) is 4.55. The number of nitrogens with one attached hydrogen (secondary N) is 1. The molecule has 0 radical (unpaired) electrons. The number of carbonyl (C=O) groups is 1. The third-order valence-corrected chi connectivity index (χ3v) is 4.78. The molecule has 3 atom stereocenters. The van der Waals surface area contributed by atoms with Crippen LogP contribution in [0.4, 0.5) is 0 Å². The molecule has 0 aliphatic carbocycles. The summed E-state index contributed by atoms with van der Waals surface area (Å²) in [5.41, 5.74) is 1.14. The largest absolute Gasteiger partial charge is 0.376 e. The first-order chi connectivity index (χ1) is 11.6. The molecule has 2 fully saturated rings. The third-order valence-electron chi connectivity index (χ3n) is 4.78. The minimum Gasteiger partial charge on any atom is -0.376 e. The summed E-state index contributed by atoms with van der Waals surface area (Å²) in [4.78, 5) is 14.6. The Labute approximate surface area is 143 Å². The number of hydrogen-bond donors (Lipinski definition) is 1. The molecule has 0 spiro atoms. The first-order valence-corrected chi connectivity index (χ1v) is 8.86. The van der Waals surface area contributed by atoms with Crippen molar-refractivity contribution in [1.82, 2.24) is 20.0 Å². The highest BCUT2D eigenvalue weighted by Gasteiger charge is 2.28. The Kier molecular flexibility index (Phi) is 5.86. The van der Waals surface area contributed by atoms with E-state index in [9.17, 15) is 4.79 Å². The molecule has 134 valence electrons. The molecule has 3 unspecified atom stereocenters. The van der Waals surface area contributed by atoms with Crippen LogP contribution in [0.1, 0.15) is 25.3 Å². The Morgan fingerprint density at radius 3 is 2.96 bits per heavy atom. The SMILES string of the molecule is Cc1cnn(CC2CN(C(C)C(=O)NCC3CCCO3)CCO2)c1. The van der Waals surface area contributed by atoms with Crippen molar-refractivity contribution in [3.63, 3.8) is 0 Å². The average molecular weight is 336 g/mol. The predicted octanol–water partition coefficient (Wildman–Crippen LogP) is 0.576. The van der Waals surface area contributed by atoms with Gasteiger partial charge in [-0.25, -0.2) is 0 Å². The fraction of sp³-hybridized carbons (Fsp3) is 0.765. The molecule has 2 saturated heterocycles. The zero-order valence-corrected chi connectivity index (χ0v) is 14.6. The quantitative estimate of drug-likeness (QED) is 0.823. The van der Waals surface area contributed by atoms with Crippen LogP contribution < -0.4 is 5.32 Å². The van der Waals surface area contributed by atoms with Crippen LogP contribution in [0, 0.1) is 6.92 Å². The van der Waals surface area contributed by atoms with E-state index in [1.807, 2.05) is 30.9 Å². The summed E-state index contributed by atoms with van der Waals surface area (Å²) >= 11 is 0. The second-order valence-corrected chi connectivity index (χ2v) is 6.78. The molecule has 24 heavy (non-hydrogen) atoms. The maximum Gasteiger partial charge on any atom is 0.237 e. The van der Waals surface area contributed by atoms with Crippen molar-refractivity contribution in [3.05, 3.63) is 18.0 Å². The van der Waals surface area contributed by atoms with Crippen molar-refractivity contribution in [2.75, 3.05) is 32.8 Å². The Morgan fingerprint density at radius 1 is 1.42 bits per heavy atom. The van der Waals surface area contributed by atoms with Crippen molar-refractivity contribution >= 4 is 5.91 Å². The van der Waals surface area contributed by atoms with E-state index >= 15 is 0 Å². The monoisotopic (exact) mass is 336 g/mol. The summed E-state index contributed by atoms with van der Waals surface area (Å²) in [5.74, 6) is 0.0704. The second-order valence-electron chi connectivity index (χ2n) is 6.78. The molecule has 0 aromatic carbocycles. The molecule has 1 amide bonds. The van der Waals surface area contributed by atoms with E-state index in [0.29, 0.717) is 19.7 Å². The van der Waals surface area contributed by atoms with Crippen molar-refractivity contribution in [3.8, 4) is 0 Å². The van der Waals surface area contributed by atoms with E-state index in [1.165, 1.54) is 0 Å². The minimum absolute atomic E-state index is 0.0615. The van der Waals surface area contributed by atoms with Crippen LogP contribution in [-0.4, -0.2) is 71.7 Å². The van der Waals surface area contributed by atoms with Gasteiger partial charge in [-0.05, 0) is 32.3 Å². The van der Waals surface area contributed by atoms with Crippen molar-refractivity contribution in [1.29, 1.82) is 0 Å². The van der Waals surface area contributed by atoms with Crippen LogP contribution >= 0.6 is 0 Å². The molecular formula is C17H28N4O3. The van der Waals surface area contributed by atoms with Crippen molar-refractivity contribution in [2.24, 2.45) is 0 Å². The summed E-state index contributed by atoms with van der Waals surface area (Å²) in [5, 5.41) is 7.34. The van der Waals surface area contributed by atoms with Gasteiger partial charge in [0.1, 0.15) is 0 Å². The Bertz CT molecular complexity index is 542. The summed E-state index contributed by atoms with van der Waals surface area (Å²) < 4.78 is 13.3. The molecule has 7 heteroatoms. The molecule has 3 heterocycles. The maximum absolute atomic E-state index is 12.4. The van der Waals surface area contributed by atoms with E-state index in [0.717, 1.165) is 38.1 Å². The summed E-state index contributed by atoms with van der Waals surface area (Å²) in [7, 11) is 0. The molecule has 0 bridgehead atoms. The van der Waals surface area contributed by atoms with Crippen molar-refractivity contribution in [2.45, 2.75) is 51.5 Å². The summed E-state index contributed by atoms with van der Waals surface area (Å²) in [6, 6.07) is -0.155. The number of hydrogen-bond acceptors (Lipinski definition) is 5. The molecule has 7 nitrogen and oxygen atoms in total. The number of carbonyl (C=O) groups excluding carboxylic acids is 1. The van der Waals surface area contributed by atoms with E-state index in [-0.39, 0.29) is 24.2 Å². The number of amides is 1. The zero-order valence-electron chi connectivity index (χ0n) is 14.6. The molecule has 1 N–H and O–H groups in total. The van der Waals surface area contributed by atoms with Gasteiger partial charge in [-0.3, -0.25) is 14.4 Å². The zero-order chi connectivity index (χ0) is 16.9. The van der Waals surface area contributed by atoms with Gasteiger partial charge in [0.2, 0.25) is 5.91 Å². The van der Waals surface area contributed by atoms with Crippen LogP contribution in [0.5, 0.6) is 0 Å². The van der Waals surface area contributed by atoms with E-state index < -0.39 is 0 Å². The van der Waals surface area contributed by atoms with Crippen LogP contribution in [0.25, 0.3) is 0 Å². The molecule has 1 aromatic heterocycles. The Hall–Kier alpha value is -1.44. The van der Waals surface area contributed by atoms with Gasteiger partial charge >= 0.3 is 0 Å². The van der Waals surface area contributed by atoms with Gasteiger partial charge in [-0.15, -0.1) is 0 Å². The molecule has 3 rings (SSSR count). The van der Waals surface area contributed by atoms with Gasteiger partial charge < -0.3 is 14.8 Å². The fourth-order valence-electron chi connectivity index (χ4n) is 3.31. The van der Waals surface area contributed by atoms with Gasteiger partial charge in [0, 0.05) is 32.4 Å². The number of nitrogens with zero attached hydrogens (tertiary/aromatic N) is 3. The number of rotatable bonds is 6.